The number of para-hydroxylation sites is 1. The molecule has 1 unspecified atom stereocenters. The van der Waals surface area contributed by atoms with E-state index in [2.05, 4.69) is 19.2 Å². The first-order valence-corrected chi connectivity index (χ1v) is 6.77. The third kappa shape index (κ3) is 4.74. The van der Waals surface area contributed by atoms with E-state index in [9.17, 15) is 4.79 Å². The van der Waals surface area contributed by atoms with Gasteiger partial charge in [-0.3, -0.25) is 4.79 Å². The van der Waals surface area contributed by atoms with E-state index in [-0.39, 0.29) is 18.4 Å². The number of rotatable bonds is 8. The van der Waals surface area contributed by atoms with Crippen molar-refractivity contribution in [2.45, 2.75) is 33.4 Å². The van der Waals surface area contributed by atoms with Crippen LogP contribution in [0.4, 0.5) is 0 Å². The SMILES string of the molecule is COc1cccc(CNC(C)C)c1OCC(C)C(N)=O. The summed E-state index contributed by atoms with van der Waals surface area (Å²) in [6.45, 7) is 6.81. The van der Waals surface area contributed by atoms with Crippen LogP contribution in [0.15, 0.2) is 18.2 Å². The van der Waals surface area contributed by atoms with Gasteiger partial charge in [-0.15, -0.1) is 0 Å². The van der Waals surface area contributed by atoms with E-state index in [4.69, 9.17) is 15.2 Å². The lowest BCUT2D eigenvalue weighted by atomic mass is 10.1. The molecule has 5 nitrogen and oxygen atoms in total. The average molecular weight is 280 g/mol. The van der Waals surface area contributed by atoms with Gasteiger partial charge in [-0.25, -0.2) is 0 Å². The molecular formula is C15H24N2O3. The molecule has 0 spiro atoms. The monoisotopic (exact) mass is 280 g/mol. The molecule has 0 aromatic heterocycles. The fourth-order valence-corrected chi connectivity index (χ4v) is 1.63. The van der Waals surface area contributed by atoms with E-state index in [1.807, 2.05) is 18.2 Å². The molecule has 1 rings (SSSR count). The highest BCUT2D eigenvalue weighted by atomic mass is 16.5. The Balaban J connectivity index is 2.86. The second-order valence-electron chi connectivity index (χ2n) is 5.10. The minimum Gasteiger partial charge on any atom is -0.493 e. The Morgan fingerprint density at radius 2 is 2.05 bits per heavy atom. The van der Waals surface area contributed by atoms with Crippen LogP contribution in [0.25, 0.3) is 0 Å². The van der Waals surface area contributed by atoms with Crippen LogP contribution < -0.4 is 20.5 Å². The van der Waals surface area contributed by atoms with Crippen molar-refractivity contribution in [1.29, 1.82) is 0 Å². The summed E-state index contributed by atoms with van der Waals surface area (Å²) in [6.07, 6.45) is 0. The van der Waals surface area contributed by atoms with Crippen molar-refractivity contribution in [3.05, 3.63) is 23.8 Å². The van der Waals surface area contributed by atoms with Crippen LogP contribution in [-0.2, 0) is 11.3 Å². The molecule has 1 amide bonds. The third-order valence-electron chi connectivity index (χ3n) is 2.94. The predicted molar refractivity (Wildman–Crippen MR) is 78.8 cm³/mol. The smallest absolute Gasteiger partial charge is 0.223 e. The highest BCUT2D eigenvalue weighted by Crippen LogP contribution is 2.31. The van der Waals surface area contributed by atoms with E-state index in [1.165, 1.54) is 0 Å². The molecule has 1 atom stereocenters. The molecule has 0 fully saturated rings. The number of amides is 1. The molecule has 1 aromatic carbocycles. The summed E-state index contributed by atoms with van der Waals surface area (Å²) in [7, 11) is 1.60. The van der Waals surface area contributed by atoms with Gasteiger partial charge in [0.25, 0.3) is 0 Å². The second-order valence-corrected chi connectivity index (χ2v) is 5.10. The minimum atomic E-state index is -0.373. The summed E-state index contributed by atoms with van der Waals surface area (Å²) in [5, 5.41) is 3.34. The summed E-state index contributed by atoms with van der Waals surface area (Å²) in [5.41, 5.74) is 6.24. The number of methoxy groups -OCH3 is 1. The maximum Gasteiger partial charge on any atom is 0.223 e. The first-order valence-electron chi connectivity index (χ1n) is 6.77. The van der Waals surface area contributed by atoms with Gasteiger partial charge < -0.3 is 20.5 Å². The largest absolute Gasteiger partial charge is 0.493 e. The number of nitrogens with one attached hydrogen (secondary N) is 1. The Hall–Kier alpha value is -1.75. The van der Waals surface area contributed by atoms with Crippen LogP contribution >= 0.6 is 0 Å². The van der Waals surface area contributed by atoms with Crippen molar-refractivity contribution >= 4 is 5.91 Å². The van der Waals surface area contributed by atoms with Gasteiger partial charge in [0.05, 0.1) is 19.6 Å². The van der Waals surface area contributed by atoms with Crippen LogP contribution in [0.3, 0.4) is 0 Å². The fraction of sp³-hybridized carbons (Fsp3) is 0.533. The van der Waals surface area contributed by atoms with Crippen molar-refractivity contribution in [2.75, 3.05) is 13.7 Å². The number of hydrogen-bond acceptors (Lipinski definition) is 4. The van der Waals surface area contributed by atoms with Gasteiger partial charge in [0.1, 0.15) is 0 Å². The van der Waals surface area contributed by atoms with Crippen molar-refractivity contribution in [3.63, 3.8) is 0 Å². The topological polar surface area (TPSA) is 73.6 Å². The Kier molecular flexibility index (Phi) is 6.31. The average Bonchev–Trinajstić information content (AvgIpc) is 2.42. The summed E-state index contributed by atoms with van der Waals surface area (Å²) >= 11 is 0. The van der Waals surface area contributed by atoms with Gasteiger partial charge in [0.2, 0.25) is 5.91 Å². The number of hydrogen-bond donors (Lipinski definition) is 2. The zero-order valence-corrected chi connectivity index (χ0v) is 12.6. The second kappa shape index (κ2) is 7.75. The van der Waals surface area contributed by atoms with Crippen LogP contribution in [-0.4, -0.2) is 25.7 Å². The summed E-state index contributed by atoms with van der Waals surface area (Å²) in [4.78, 5) is 11.1. The first-order chi connectivity index (χ1) is 9.45. The van der Waals surface area contributed by atoms with E-state index < -0.39 is 0 Å². The Labute approximate surface area is 120 Å². The Bertz CT molecular complexity index is 447. The molecule has 0 bridgehead atoms. The molecule has 1 aromatic rings. The molecule has 0 saturated carbocycles. The lowest BCUT2D eigenvalue weighted by molar-refractivity contribution is -0.122. The van der Waals surface area contributed by atoms with E-state index in [0.29, 0.717) is 24.1 Å². The van der Waals surface area contributed by atoms with Gasteiger partial charge in [0, 0.05) is 18.2 Å². The van der Waals surface area contributed by atoms with Crippen LogP contribution in [0.5, 0.6) is 11.5 Å². The molecule has 0 radical (unpaired) electrons. The number of ether oxygens (including phenoxy) is 2. The van der Waals surface area contributed by atoms with Crippen molar-refractivity contribution < 1.29 is 14.3 Å². The zero-order chi connectivity index (χ0) is 15.1. The standard InChI is InChI=1S/C15H24N2O3/c1-10(2)17-8-12-6-5-7-13(19-4)14(12)20-9-11(3)15(16)18/h5-7,10-11,17H,8-9H2,1-4H3,(H2,16,18). The van der Waals surface area contributed by atoms with Crippen molar-refractivity contribution in [2.24, 2.45) is 11.7 Å². The van der Waals surface area contributed by atoms with Gasteiger partial charge in [-0.2, -0.15) is 0 Å². The number of primary amides is 1. The first kappa shape index (κ1) is 16.3. The molecule has 0 aliphatic rings. The Morgan fingerprint density at radius 3 is 2.60 bits per heavy atom. The maximum absolute atomic E-state index is 11.1. The molecule has 0 heterocycles. The fourth-order valence-electron chi connectivity index (χ4n) is 1.63. The lowest BCUT2D eigenvalue weighted by Gasteiger charge is -2.17. The number of carbonyl (C=O) groups is 1. The number of benzene rings is 1. The summed E-state index contributed by atoms with van der Waals surface area (Å²) in [6, 6.07) is 6.10. The molecule has 20 heavy (non-hydrogen) atoms. The number of nitrogens with two attached hydrogens (primary N) is 1. The maximum atomic E-state index is 11.1. The molecular weight excluding hydrogens is 256 g/mol. The predicted octanol–water partition coefficient (Wildman–Crippen LogP) is 1.69. The molecule has 3 N–H and O–H groups in total. The van der Waals surface area contributed by atoms with Crippen LogP contribution in [0.1, 0.15) is 26.3 Å². The quantitative estimate of drug-likeness (QED) is 0.760. The van der Waals surface area contributed by atoms with E-state index >= 15 is 0 Å². The third-order valence-corrected chi connectivity index (χ3v) is 2.94. The highest BCUT2D eigenvalue weighted by Gasteiger charge is 2.15. The lowest BCUT2D eigenvalue weighted by Crippen LogP contribution is -2.26. The van der Waals surface area contributed by atoms with Crippen molar-refractivity contribution in [3.8, 4) is 11.5 Å². The number of carbonyl (C=O) groups excluding carboxylic acids is 1. The van der Waals surface area contributed by atoms with Crippen LogP contribution in [0.2, 0.25) is 0 Å². The zero-order valence-electron chi connectivity index (χ0n) is 12.6. The molecule has 5 heteroatoms. The van der Waals surface area contributed by atoms with Crippen molar-refractivity contribution in [1.82, 2.24) is 5.32 Å². The molecule has 112 valence electrons. The summed E-state index contributed by atoms with van der Waals surface area (Å²) in [5.74, 6) is 0.605. The minimum absolute atomic E-state index is 0.240. The molecule has 0 aliphatic carbocycles. The summed E-state index contributed by atoms with van der Waals surface area (Å²) < 4.78 is 11.1. The normalized spacial score (nSPS) is 12.2. The Morgan fingerprint density at radius 1 is 1.35 bits per heavy atom. The molecule has 0 saturated heterocycles. The van der Waals surface area contributed by atoms with E-state index in [0.717, 1.165) is 5.56 Å². The van der Waals surface area contributed by atoms with Gasteiger partial charge in [0.15, 0.2) is 11.5 Å². The molecule has 0 aliphatic heterocycles. The van der Waals surface area contributed by atoms with E-state index in [1.54, 1.807) is 14.0 Å². The van der Waals surface area contributed by atoms with Gasteiger partial charge in [-0.1, -0.05) is 32.9 Å². The van der Waals surface area contributed by atoms with Gasteiger partial charge >= 0.3 is 0 Å². The van der Waals surface area contributed by atoms with Crippen LogP contribution in [0, 0.1) is 5.92 Å². The van der Waals surface area contributed by atoms with Gasteiger partial charge in [-0.05, 0) is 6.07 Å². The highest BCUT2D eigenvalue weighted by molar-refractivity contribution is 5.76.